The van der Waals surface area contributed by atoms with Crippen LogP contribution in [-0.2, 0) is 16.0 Å². The van der Waals surface area contributed by atoms with Gasteiger partial charge in [0.25, 0.3) is 5.78 Å². The lowest BCUT2D eigenvalue weighted by Crippen LogP contribution is -2.26. The Hall–Kier alpha value is -2.75. The molecule has 2 aromatic rings. The van der Waals surface area contributed by atoms with Crippen LogP contribution in [0.5, 0.6) is 0 Å². The van der Waals surface area contributed by atoms with Crippen molar-refractivity contribution in [2.75, 3.05) is 13.2 Å². The molecule has 5 nitrogen and oxygen atoms in total. The second-order valence-electron chi connectivity index (χ2n) is 6.99. The number of aryl methyl sites for hydroxylation is 1. The number of carbonyl (C=O) groups excluding carboxylic acids is 2. The monoisotopic (exact) mass is 456 g/mol. The van der Waals surface area contributed by atoms with Gasteiger partial charge >= 0.3 is 6.18 Å². The number of hydrogen-bond donors (Lipinski definition) is 1. The van der Waals surface area contributed by atoms with E-state index in [0.717, 1.165) is 11.3 Å². The molecule has 10 heteroatoms. The Bertz CT molecular complexity index is 954. The number of ketones is 1. The van der Waals surface area contributed by atoms with Crippen LogP contribution < -0.4 is 5.32 Å². The topological polar surface area (TPSA) is 67.8 Å². The van der Waals surface area contributed by atoms with Crippen LogP contribution in [0.2, 0.25) is 0 Å². The summed E-state index contributed by atoms with van der Waals surface area (Å²) in [6, 6.07) is 8.40. The molecular formula is C21H20F4N2O3S. The van der Waals surface area contributed by atoms with Crippen molar-refractivity contribution in [3.8, 4) is 0 Å². The molecule has 1 aliphatic rings. The van der Waals surface area contributed by atoms with Crippen LogP contribution in [0.3, 0.4) is 0 Å². The summed E-state index contributed by atoms with van der Waals surface area (Å²) in [4.78, 5) is 27.9. The third kappa shape index (κ3) is 6.61. The predicted octanol–water partition coefficient (Wildman–Crippen LogP) is 4.31. The number of carbonyl (C=O) groups is 2. The Morgan fingerprint density at radius 2 is 1.90 bits per heavy atom. The van der Waals surface area contributed by atoms with Crippen molar-refractivity contribution in [1.82, 2.24) is 5.32 Å². The van der Waals surface area contributed by atoms with Crippen molar-refractivity contribution >= 4 is 28.9 Å². The van der Waals surface area contributed by atoms with Crippen LogP contribution in [0, 0.1) is 5.82 Å². The molecule has 1 aromatic carbocycles. The summed E-state index contributed by atoms with van der Waals surface area (Å²) in [6.07, 6.45) is -3.18. The fourth-order valence-corrected chi connectivity index (χ4v) is 3.99. The summed E-state index contributed by atoms with van der Waals surface area (Å²) in [5.41, 5.74) is 0.696. The third-order valence-corrected chi connectivity index (χ3v) is 5.72. The smallest absolute Gasteiger partial charge is 0.455 e. The minimum absolute atomic E-state index is 0.101. The van der Waals surface area contributed by atoms with E-state index in [1.54, 1.807) is 12.1 Å². The standard InChI is InChI=1S/C21H20F4N2O3S/c22-14-6-4-13(5-7-14)20-27-15(12-30-20)10-11-26-18(28)3-1-2-16-8-9-17(31-16)19(29)21(23,24)25/h4-9,15H,1-3,10-12H2,(H,26,28). The first-order chi connectivity index (χ1) is 14.7. The number of nitrogens with one attached hydrogen (secondary N) is 1. The number of nitrogens with zero attached hydrogens (tertiary/aromatic N) is 1. The lowest BCUT2D eigenvalue weighted by Gasteiger charge is -2.07. The van der Waals surface area contributed by atoms with Gasteiger partial charge < -0.3 is 10.1 Å². The average Bonchev–Trinajstić information content (AvgIpc) is 3.37. The maximum atomic E-state index is 13.0. The van der Waals surface area contributed by atoms with Crippen LogP contribution in [0.4, 0.5) is 17.6 Å². The highest BCUT2D eigenvalue weighted by atomic mass is 32.1. The molecule has 166 valence electrons. The zero-order valence-electron chi connectivity index (χ0n) is 16.4. The highest BCUT2D eigenvalue weighted by Crippen LogP contribution is 2.27. The molecule has 31 heavy (non-hydrogen) atoms. The van der Waals surface area contributed by atoms with Gasteiger partial charge in [-0.2, -0.15) is 13.2 Å². The highest BCUT2D eigenvalue weighted by Gasteiger charge is 2.40. The minimum atomic E-state index is -4.88. The first kappa shape index (κ1) is 22.9. The van der Waals surface area contributed by atoms with Crippen molar-refractivity contribution in [1.29, 1.82) is 0 Å². The molecule has 1 N–H and O–H groups in total. The average molecular weight is 456 g/mol. The number of benzene rings is 1. The van der Waals surface area contributed by atoms with Gasteiger partial charge in [0.15, 0.2) is 0 Å². The second kappa shape index (κ2) is 10.0. The molecule has 1 amide bonds. The molecule has 0 aliphatic carbocycles. The van der Waals surface area contributed by atoms with E-state index < -0.39 is 12.0 Å². The number of ether oxygens (including phenoxy) is 1. The van der Waals surface area contributed by atoms with Gasteiger partial charge in [0, 0.05) is 23.4 Å². The molecule has 1 aromatic heterocycles. The van der Waals surface area contributed by atoms with Gasteiger partial charge in [-0.3, -0.25) is 9.59 Å². The normalized spacial score (nSPS) is 16.0. The van der Waals surface area contributed by atoms with E-state index in [0.29, 0.717) is 48.8 Å². The lowest BCUT2D eigenvalue weighted by molar-refractivity contribution is -0.121. The van der Waals surface area contributed by atoms with E-state index in [9.17, 15) is 27.2 Å². The molecule has 1 atom stereocenters. The van der Waals surface area contributed by atoms with E-state index in [1.807, 2.05) is 0 Å². The second-order valence-corrected chi connectivity index (χ2v) is 8.16. The number of thiophene rings is 1. The summed E-state index contributed by atoms with van der Waals surface area (Å²) in [5.74, 6) is -1.89. The van der Waals surface area contributed by atoms with Crippen molar-refractivity contribution < 1.29 is 31.9 Å². The summed E-state index contributed by atoms with van der Waals surface area (Å²) in [7, 11) is 0. The van der Waals surface area contributed by atoms with Gasteiger partial charge in [-0.15, -0.1) is 11.3 Å². The predicted molar refractivity (Wildman–Crippen MR) is 108 cm³/mol. The Morgan fingerprint density at radius 3 is 2.61 bits per heavy atom. The van der Waals surface area contributed by atoms with Gasteiger partial charge in [0.1, 0.15) is 12.4 Å². The summed E-state index contributed by atoms with van der Waals surface area (Å²) >= 11 is 0.803. The van der Waals surface area contributed by atoms with Crippen molar-refractivity contribution in [2.45, 2.75) is 37.9 Å². The van der Waals surface area contributed by atoms with E-state index >= 15 is 0 Å². The number of amides is 1. The highest BCUT2D eigenvalue weighted by molar-refractivity contribution is 7.14. The van der Waals surface area contributed by atoms with E-state index in [1.165, 1.54) is 24.3 Å². The lowest BCUT2D eigenvalue weighted by atomic mass is 10.2. The molecule has 0 saturated carbocycles. The molecule has 1 unspecified atom stereocenters. The van der Waals surface area contributed by atoms with Crippen LogP contribution in [0.25, 0.3) is 0 Å². The van der Waals surface area contributed by atoms with Gasteiger partial charge in [0.05, 0.1) is 10.9 Å². The van der Waals surface area contributed by atoms with Gasteiger partial charge in [-0.1, -0.05) is 0 Å². The molecule has 0 spiro atoms. The Labute approximate surface area is 180 Å². The zero-order chi connectivity index (χ0) is 22.4. The van der Waals surface area contributed by atoms with Gasteiger partial charge in [-0.25, -0.2) is 9.38 Å². The Balaban J connectivity index is 1.34. The quantitative estimate of drug-likeness (QED) is 0.452. The van der Waals surface area contributed by atoms with Crippen molar-refractivity contribution in [3.05, 3.63) is 57.5 Å². The minimum Gasteiger partial charge on any atom is -0.475 e. The fourth-order valence-electron chi connectivity index (χ4n) is 2.98. The van der Waals surface area contributed by atoms with Crippen LogP contribution in [-0.4, -0.2) is 43.0 Å². The SMILES string of the molecule is O=C(CCCc1ccc(C(=O)C(F)(F)F)s1)NCCC1COC(c2ccc(F)cc2)=N1. The molecule has 1 aliphatic heterocycles. The third-order valence-electron chi connectivity index (χ3n) is 4.57. The van der Waals surface area contributed by atoms with E-state index in [-0.39, 0.29) is 29.1 Å². The molecule has 0 bridgehead atoms. The first-order valence-electron chi connectivity index (χ1n) is 9.66. The van der Waals surface area contributed by atoms with Gasteiger partial charge in [-0.05, 0) is 55.7 Å². The first-order valence-corrected chi connectivity index (χ1v) is 10.5. The summed E-state index contributed by atoms with van der Waals surface area (Å²) in [5, 5.41) is 2.79. The van der Waals surface area contributed by atoms with Crippen molar-refractivity contribution in [3.63, 3.8) is 0 Å². The number of halogens is 4. The Kier molecular flexibility index (Phi) is 7.42. The van der Waals surface area contributed by atoms with E-state index in [4.69, 9.17) is 4.74 Å². The molecular weight excluding hydrogens is 436 g/mol. The maximum absolute atomic E-state index is 13.0. The number of aliphatic imine (C=N–C) groups is 1. The summed E-state index contributed by atoms with van der Waals surface area (Å²) < 4.78 is 55.8. The molecule has 0 fully saturated rings. The number of alkyl halides is 3. The summed E-state index contributed by atoms with van der Waals surface area (Å²) in [6.45, 7) is 0.802. The van der Waals surface area contributed by atoms with Crippen molar-refractivity contribution in [2.24, 2.45) is 4.99 Å². The van der Waals surface area contributed by atoms with Gasteiger partial charge in [0.2, 0.25) is 11.8 Å². The maximum Gasteiger partial charge on any atom is 0.455 e. The molecule has 0 saturated heterocycles. The fraction of sp³-hybridized carbons (Fsp3) is 0.381. The van der Waals surface area contributed by atoms with E-state index in [2.05, 4.69) is 10.3 Å². The number of hydrogen-bond acceptors (Lipinski definition) is 5. The zero-order valence-corrected chi connectivity index (χ0v) is 17.2. The largest absolute Gasteiger partial charge is 0.475 e. The van der Waals surface area contributed by atoms with Crippen LogP contribution >= 0.6 is 11.3 Å². The molecule has 3 rings (SSSR count). The van der Waals surface area contributed by atoms with Crippen LogP contribution in [0.1, 0.15) is 39.4 Å². The molecule has 0 radical (unpaired) electrons. The number of Topliss-reactive ketones (excluding diaryl/α,β-unsaturated/α-hetero) is 1. The number of rotatable bonds is 9. The van der Waals surface area contributed by atoms with Crippen LogP contribution in [0.15, 0.2) is 41.4 Å². The Morgan fingerprint density at radius 1 is 1.16 bits per heavy atom. The molecule has 2 heterocycles.